The molecule has 0 N–H and O–H groups in total. The summed E-state index contributed by atoms with van der Waals surface area (Å²) in [5, 5.41) is 0. The second-order valence-electron chi connectivity index (χ2n) is 3.70. The lowest BCUT2D eigenvalue weighted by Crippen LogP contribution is -2.35. The van der Waals surface area contributed by atoms with Crippen molar-refractivity contribution in [1.29, 1.82) is 0 Å². The zero-order valence-electron chi connectivity index (χ0n) is 8.67. The molecule has 0 unspecified atom stereocenters. The summed E-state index contributed by atoms with van der Waals surface area (Å²) in [4.78, 5) is 23.4. The molecule has 1 saturated heterocycles. The van der Waals surface area contributed by atoms with Crippen molar-refractivity contribution in [1.82, 2.24) is 4.90 Å². The van der Waals surface area contributed by atoms with Crippen LogP contribution in [0.15, 0.2) is 35.6 Å². The van der Waals surface area contributed by atoms with Crippen LogP contribution >= 0.6 is 0 Å². The van der Waals surface area contributed by atoms with E-state index in [0.29, 0.717) is 12.8 Å². The second-order valence-corrected chi connectivity index (χ2v) is 3.70. The number of alkyl halides is 3. The molecule has 0 bridgehead atoms. The number of amides is 2. The molecule has 1 fully saturated rings. The number of carbonyl (C=O) groups excluding carboxylic acids is 2. The summed E-state index contributed by atoms with van der Waals surface area (Å²) in [7, 11) is 0. The lowest BCUT2D eigenvalue weighted by atomic mass is 10.0. The Labute approximate surface area is 94.9 Å². The van der Waals surface area contributed by atoms with Gasteiger partial charge in [-0.05, 0) is 12.8 Å². The maximum absolute atomic E-state index is 12.4. The van der Waals surface area contributed by atoms with Crippen molar-refractivity contribution in [3.8, 4) is 0 Å². The third-order valence-electron chi connectivity index (χ3n) is 2.62. The van der Waals surface area contributed by atoms with E-state index in [0.717, 1.165) is 0 Å². The van der Waals surface area contributed by atoms with Crippen molar-refractivity contribution in [2.24, 2.45) is 0 Å². The fourth-order valence-corrected chi connectivity index (χ4v) is 1.79. The second kappa shape index (κ2) is 3.58. The van der Waals surface area contributed by atoms with Crippen molar-refractivity contribution < 1.29 is 22.8 Å². The van der Waals surface area contributed by atoms with Gasteiger partial charge in [-0.15, -0.1) is 0 Å². The fraction of sp³-hybridized carbons (Fsp3) is 0.273. The number of hydrogen-bond acceptors (Lipinski definition) is 2. The van der Waals surface area contributed by atoms with Gasteiger partial charge in [-0.2, -0.15) is 13.2 Å². The van der Waals surface area contributed by atoms with Crippen LogP contribution in [0.5, 0.6) is 0 Å². The highest BCUT2D eigenvalue weighted by Gasteiger charge is 2.48. The average molecular weight is 243 g/mol. The highest BCUT2D eigenvalue weighted by atomic mass is 19.4. The maximum atomic E-state index is 12.4. The summed E-state index contributed by atoms with van der Waals surface area (Å²) in [5.41, 5.74) is -1.35. The van der Waals surface area contributed by atoms with Crippen LogP contribution in [0.25, 0.3) is 0 Å². The van der Waals surface area contributed by atoms with Gasteiger partial charge in [-0.1, -0.05) is 18.7 Å². The zero-order chi connectivity index (χ0) is 12.8. The molecule has 6 heteroatoms. The number of halogens is 3. The van der Waals surface area contributed by atoms with E-state index < -0.39 is 23.7 Å². The highest BCUT2D eigenvalue weighted by Crippen LogP contribution is 2.36. The minimum Gasteiger partial charge on any atom is -0.268 e. The molecule has 1 aliphatic carbocycles. The Balaban J connectivity index is 2.42. The Bertz CT molecular complexity index is 453. The molecule has 2 rings (SSSR count). The normalized spacial score (nSPS) is 20.1. The summed E-state index contributed by atoms with van der Waals surface area (Å²) < 4.78 is 37.3. The van der Waals surface area contributed by atoms with Gasteiger partial charge in [0.25, 0.3) is 11.8 Å². The van der Waals surface area contributed by atoms with Crippen molar-refractivity contribution in [2.45, 2.75) is 19.0 Å². The largest absolute Gasteiger partial charge is 0.431 e. The molecule has 0 aromatic heterocycles. The van der Waals surface area contributed by atoms with Gasteiger partial charge in [0, 0.05) is 11.1 Å². The Hall–Kier alpha value is -1.85. The molecule has 2 aliphatic rings. The molecule has 2 amide bonds. The molecular weight excluding hydrogens is 235 g/mol. The van der Waals surface area contributed by atoms with Crippen LogP contribution in [0, 0.1) is 0 Å². The van der Waals surface area contributed by atoms with Gasteiger partial charge in [-0.3, -0.25) is 9.59 Å². The Kier molecular flexibility index (Phi) is 2.45. The Morgan fingerprint density at radius 3 is 1.88 bits per heavy atom. The van der Waals surface area contributed by atoms with Crippen LogP contribution < -0.4 is 0 Å². The van der Waals surface area contributed by atoms with E-state index in [2.05, 4.69) is 6.58 Å². The third kappa shape index (κ3) is 1.69. The first kappa shape index (κ1) is 11.6. The van der Waals surface area contributed by atoms with Crippen LogP contribution in [-0.2, 0) is 9.59 Å². The SMILES string of the molecule is C=C(N1C(=O)C2=CCCC=C2C1=O)C(F)(F)F. The lowest BCUT2D eigenvalue weighted by molar-refractivity contribution is -0.147. The molecule has 0 spiro atoms. The van der Waals surface area contributed by atoms with E-state index in [4.69, 9.17) is 0 Å². The molecule has 0 radical (unpaired) electrons. The molecule has 3 nitrogen and oxygen atoms in total. The van der Waals surface area contributed by atoms with Gasteiger partial charge in [0.1, 0.15) is 5.70 Å². The standard InChI is InChI=1S/C11H8F3NO2/c1-6(11(12,13)14)15-9(16)7-4-2-3-5-8(7)10(15)17/h4-5H,1-3H2. The van der Waals surface area contributed by atoms with Crippen LogP contribution in [0.2, 0.25) is 0 Å². The van der Waals surface area contributed by atoms with E-state index >= 15 is 0 Å². The minimum absolute atomic E-state index is 0.0478. The van der Waals surface area contributed by atoms with Gasteiger partial charge < -0.3 is 0 Å². The summed E-state index contributed by atoms with van der Waals surface area (Å²) in [6.07, 6.45) is -0.729. The first-order chi connectivity index (χ1) is 7.84. The summed E-state index contributed by atoms with van der Waals surface area (Å²) in [6.45, 7) is 2.77. The number of hydrogen-bond donors (Lipinski definition) is 0. The van der Waals surface area contributed by atoms with Crippen LogP contribution in [0.4, 0.5) is 13.2 Å². The number of nitrogens with zero attached hydrogens (tertiary/aromatic N) is 1. The Morgan fingerprint density at radius 1 is 1.12 bits per heavy atom. The third-order valence-corrected chi connectivity index (χ3v) is 2.62. The molecule has 0 aromatic carbocycles. The number of likely N-dealkylation sites (tertiary alicyclic amines) is 1. The van der Waals surface area contributed by atoms with Gasteiger partial charge in [0.05, 0.1) is 0 Å². The topological polar surface area (TPSA) is 37.4 Å². The number of imide groups is 1. The summed E-state index contributed by atoms with van der Waals surface area (Å²) >= 11 is 0. The van der Waals surface area contributed by atoms with Gasteiger partial charge in [-0.25, -0.2) is 4.90 Å². The number of fused-ring (bicyclic) bond motifs is 1. The minimum atomic E-state index is -4.79. The van der Waals surface area contributed by atoms with E-state index in [1.165, 1.54) is 12.2 Å². The van der Waals surface area contributed by atoms with E-state index in [1.807, 2.05) is 0 Å². The van der Waals surface area contributed by atoms with Gasteiger partial charge in [0.2, 0.25) is 0 Å². The van der Waals surface area contributed by atoms with Crippen LogP contribution in [0.1, 0.15) is 12.8 Å². The predicted octanol–water partition coefficient (Wildman–Crippen LogP) is 2.08. The van der Waals surface area contributed by atoms with E-state index in [1.54, 1.807) is 0 Å². The molecule has 1 aliphatic heterocycles. The van der Waals surface area contributed by atoms with Crippen molar-refractivity contribution in [2.75, 3.05) is 0 Å². The van der Waals surface area contributed by atoms with E-state index in [-0.39, 0.29) is 16.0 Å². The molecule has 0 saturated carbocycles. The molecule has 17 heavy (non-hydrogen) atoms. The van der Waals surface area contributed by atoms with Gasteiger partial charge >= 0.3 is 6.18 Å². The number of rotatable bonds is 1. The first-order valence-electron chi connectivity index (χ1n) is 4.89. The van der Waals surface area contributed by atoms with Crippen LogP contribution in [-0.4, -0.2) is 22.9 Å². The molecule has 0 atom stereocenters. The summed E-state index contributed by atoms with van der Waals surface area (Å²) in [5.74, 6) is -1.88. The quantitative estimate of drug-likeness (QED) is 0.661. The lowest BCUT2D eigenvalue weighted by Gasteiger charge is -2.18. The fourth-order valence-electron chi connectivity index (χ4n) is 1.79. The first-order valence-corrected chi connectivity index (χ1v) is 4.89. The van der Waals surface area contributed by atoms with Crippen molar-refractivity contribution in [3.63, 3.8) is 0 Å². The van der Waals surface area contributed by atoms with E-state index in [9.17, 15) is 22.8 Å². The smallest absolute Gasteiger partial charge is 0.268 e. The Morgan fingerprint density at radius 2 is 1.53 bits per heavy atom. The molecule has 0 aromatic rings. The predicted molar refractivity (Wildman–Crippen MR) is 52.4 cm³/mol. The highest BCUT2D eigenvalue weighted by molar-refractivity contribution is 6.25. The molecule has 90 valence electrons. The zero-order valence-corrected chi connectivity index (χ0v) is 8.67. The molecule has 1 heterocycles. The average Bonchev–Trinajstić information content (AvgIpc) is 2.51. The number of allylic oxidation sites excluding steroid dienone is 3. The van der Waals surface area contributed by atoms with Crippen molar-refractivity contribution >= 4 is 11.8 Å². The maximum Gasteiger partial charge on any atom is 0.431 e. The van der Waals surface area contributed by atoms with Gasteiger partial charge in [0.15, 0.2) is 0 Å². The number of carbonyl (C=O) groups is 2. The molecular formula is C11H8F3NO2. The monoisotopic (exact) mass is 243 g/mol. The van der Waals surface area contributed by atoms with Crippen LogP contribution in [0.3, 0.4) is 0 Å². The summed E-state index contributed by atoms with van der Waals surface area (Å²) in [6, 6.07) is 0. The van der Waals surface area contributed by atoms with Crippen molar-refractivity contribution in [3.05, 3.63) is 35.6 Å².